The fraction of sp³-hybridized carbons (Fsp3) is 0.685. The fourth-order valence-corrected chi connectivity index (χ4v) is 18.9. The molecule has 3 atom stereocenters. The maximum absolute atomic E-state index is 13.6. The molecule has 11 heterocycles. The molecule has 0 aromatic carbocycles. The first-order valence-electron chi connectivity index (χ1n) is 43.9. The number of amides is 3. The number of piperidine rings is 2. The molecule has 3 saturated heterocycles. The van der Waals surface area contributed by atoms with Crippen LogP contribution in [0.5, 0.6) is 0 Å². The Labute approximate surface area is 699 Å². The van der Waals surface area contributed by atoms with Crippen molar-refractivity contribution in [1.29, 1.82) is 5.26 Å². The summed E-state index contributed by atoms with van der Waals surface area (Å²) in [4.78, 5) is 59.6. The zero-order valence-corrected chi connectivity index (χ0v) is 72.7. The lowest BCUT2D eigenvalue weighted by Crippen LogP contribution is -2.52. The van der Waals surface area contributed by atoms with E-state index in [4.69, 9.17) is 29.5 Å². The van der Waals surface area contributed by atoms with Crippen LogP contribution in [-0.4, -0.2) is 211 Å². The average Bonchev–Trinajstić information content (AvgIpc) is 1.62. The molecule has 0 spiro atoms. The van der Waals surface area contributed by atoms with Crippen molar-refractivity contribution in [1.82, 2.24) is 78.1 Å². The van der Waals surface area contributed by atoms with Gasteiger partial charge in [0.2, 0.25) is 35.6 Å². The minimum absolute atomic E-state index is 0.0145. The van der Waals surface area contributed by atoms with Crippen LogP contribution in [-0.2, 0) is 39.7 Å². The fourth-order valence-electron chi connectivity index (χ4n) is 18.9. The lowest BCUT2D eigenvalue weighted by molar-refractivity contribution is -0.143. The van der Waals surface area contributed by atoms with Crippen molar-refractivity contribution < 1.29 is 46.9 Å². The Balaban J connectivity index is 0.000000155. The summed E-state index contributed by atoms with van der Waals surface area (Å²) >= 11 is 0. The van der Waals surface area contributed by atoms with E-state index < -0.39 is 35.3 Å². The van der Waals surface area contributed by atoms with Crippen molar-refractivity contribution in [2.24, 2.45) is 29.1 Å². The highest BCUT2D eigenvalue weighted by Crippen LogP contribution is 2.46. The molecule has 119 heavy (non-hydrogen) atoms. The van der Waals surface area contributed by atoms with E-state index in [1.54, 1.807) is 29.8 Å². The van der Waals surface area contributed by atoms with Gasteiger partial charge in [-0.25, -0.2) is 28.5 Å². The van der Waals surface area contributed by atoms with E-state index in [-0.39, 0.29) is 47.1 Å². The molecule has 8 aromatic rings. The number of nitriles is 1. The number of nitrogens with zero attached hydrogens (tertiary/aromatic N) is 17. The molecule has 3 amide bonds. The van der Waals surface area contributed by atoms with Gasteiger partial charge in [-0.1, -0.05) is 59.3 Å². The summed E-state index contributed by atoms with van der Waals surface area (Å²) in [5.41, 5.74) is 8.69. The number of ether oxygens (including phenoxy) is 3. The van der Waals surface area contributed by atoms with E-state index >= 15 is 0 Å². The number of carbonyl (C=O) groups is 3. The van der Waals surface area contributed by atoms with Crippen molar-refractivity contribution in [3.63, 3.8) is 0 Å². The van der Waals surface area contributed by atoms with Crippen LogP contribution in [0.25, 0.3) is 38.8 Å². The number of nitrogens with one attached hydrogen (secondary N) is 3. The van der Waals surface area contributed by atoms with E-state index in [2.05, 4.69) is 95.2 Å². The largest absolute Gasteiger partial charge is 0.391 e. The Kier molecular flexibility index (Phi) is 27.6. The third-order valence-electron chi connectivity index (χ3n) is 26.8. The lowest BCUT2D eigenvalue weighted by Gasteiger charge is -2.39. The summed E-state index contributed by atoms with van der Waals surface area (Å²) in [7, 11) is 3.38. The van der Waals surface area contributed by atoms with Gasteiger partial charge in [0.15, 0.2) is 0 Å². The summed E-state index contributed by atoms with van der Waals surface area (Å²) in [6.07, 6.45) is 28.0. The smallest absolute Gasteiger partial charge is 0.390 e. The Morgan fingerprint density at radius 3 is 1.32 bits per heavy atom. The SMILES string of the molecule is CC1CCC(c2cc(C3CCC(C(=O)N4CCOCC4)CC3)c3cnc(N[C@@H](C)CC(F)(F)F)nn23)CC1.COC[C@H](C)Nc1ncc2c(-c3cnn(C(C)(C)C(=O)N4CCC(C)(C#N)CC4)c3)cc(C3CCC(C)CC3)n2n1.COC[C@H](C)Nc1ncc2c(-c3cnn(C(C)(C)C(=O)N4CCC(C)(O)CC4)c3)cc(C3CCC(C)CC3)n2n1. The van der Waals surface area contributed by atoms with Crippen LogP contribution in [0.1, 0.15) is 264 Å². The highest BCUT2D eigenvalue weighted by molar-refractivity contribution is 5.86. The summed E-state index contributed by atoms with van der Waals surface area (Å²) in [6, 6.07) is 8.53. The molecule has 4 N–H and O–H groups in total. The Morgan fingerprint density at radius 2 is 0.916 bits per heavy atom. The molecule has 648 valence electrons. The zero-order chi connectivity index (χ0) is 84.9. The summed E-state index contributed by atoms with van der Waals surface area (Å²) < 4.78 is 64.2. The normalized spacial score (nSPS) is 24.0. The van der Waals surface area contributed by atoms with Crippen molar-refractivity contribution in [2.45, 2.75) is 283 Å². The molecular formula is C89H129F3N20O7. The van der Waals surface area contributed by atoms with Crippen molar-refractivity contribution in [2.75, 3.05) is 95.9 Å². The van der Waals surface area contributed by atoms with Crippen molar-refractivity contribution >= 4 is 52.1 Å². The van der Waals surface area contributed by atoms with Gasteiger partial charge in [-0.3, -0.25) is 23.7 Å². The number of hydrogen-bond acceptors (Lipinski definition) is 19. The minimum atomic E-state index is -4.25. The van der Waals surface area contributed by atoms with Crippen LogP contribution in [0.3, 0.4) is 0 Å². The number of aromatic nitrogens is 13. The van der Waals surface area contributed by atoms with Gasteiger partial charge in [0.1, 0.15) is 11.1 Å². The van der Waals surface area contributed by atoms with Crippen molar-refractivity contribution in [3.8, 4) is 28.3 Å². The molecule has 0 radical (unpaired) electrons. The number of halogens is 3. The molecule has 8 aromatic heterocycles. The summed E-state index contributed by atoms with van der Waals surface area (Å²) in [6.45, 7) is 30.0. The van der Waals surface area contributed by atoms with Crippen LogP contribution in [0, 0.1) is 40.4 Å². The van der Waals surface area contributed by atoms with Gasteiger partial charge < -0.3 is 50.0 Å². The Morgan fingerprint density at radius 1 is 0.538 bits per heavy atom. The van der Waals surface area contributed by atoms with Gasteiger partial charge in [0.25, 0.3) is 0 Å². The number of methoxy groups -OCH3 is 2. The number of morpholine rings is 1. The zero-order valence-electron chi connectivity index (χ0n) is 72.7. The van der Waals surface area contributed by atoms with Gasteiger partial charge in [-0.2, -0.15) is 28.6 Å². The van der Waals surface area contributed by atoms with Crippen molar-refractivity contribution in [3.05, 3.63) is 84.2 Å². The number of aliphatic hydroxyl groups is 1. The first kappa shape index (κ1) is 88.0. The van der Waals surface area contributed by atoms with E-state index in [0.29, 0.717) is 133 Å². The second-order valence-electron chi connectivity index (χ2n) is 37.6. The molecule has 4 saturated carbocycles. The molecule has 0 bridgehead atoms. The quantitative estimate of drug-likeness (QED) is 0.0490. The first-order chi connectivity index (χ1) is 56.7. The van der Waals surface area contributed by atoms with E-state index in [1.165, 1.54) is 62.4 Å². The second kappa shape index (κ2) is 37.3. The van der Waals surface area contributed by atoms with Gasteiger partial charge in [-0.05, 0) is 200 Å². The highest BCUT2D eigenvalue weighted by atomic mass is 19.4. The van der Waals surface area contributed by atoms with Crippen LogP contribution in [0.4, 0.5) is 31.0 Å². The van der Waals surface area contributed by atoms with Crippen LogP contribution >= 0.6 is 0 Å². The second-order valence-corrected chi connectivity index (χ2v) is 37.6. The number of carbonyl (C=O) groups excluding carboxylic acids is 3. The molecule has 15 rings (SSSR count). The van der Waals surface area contributed by atoms with E-state index in [0.717, 1.165) is 121 Å². The molecule has 30 heteroatoms. The Bertz CT molecular complexity index is 4790. The minimum Gasteiger partial charge on any atom is -0.390 e. The number of anilines is 3. The first-order valence-corrected chi connectivity index (χ1v) is 43.9. The topological polar surface area (TPSA) is 295 Å². The average molecular weight is 1650 g/mol. The predicted molar refractivity (Wildman–Crippen MR) is 453 cm³/mol. The van der Waals surface area contributed by atoms with Gasteiger partial charge in [-0.15, -0.1) is 15.3 Å². The van der Waals surface area contributed by atoms with E-state index in [9.17, 15) is 37.9 Å². The third kappa shape index (κ3) is 20.7. The number of rotatable bonds is 22. The van der Waals surface area contributed by atoms with Crippen LogP contribution < -0.4 is 16.0 Å². The predicted octanol–water partition coefficient (Wildman–Crippen LogP) is 15.6. The summed E-state index contributed by atoms with van der Waals surface area (Å²) in [5, 5.41) is 53.3. The number of likely N-dealkylation sites (tertiary alicyclic amines) is 2. The molecule has 0 unspecified atom stereocenters. The molecular weight excluding hydrogens is 1520 g/mol. The maximum Gasteiger partial charge on any atom is 0.391 e. The number of fused-ring (bicyclic) bond motifs is 3. The van der Waals surface area contributed by atoms with Gasteiger partial charge >= 0.3 is 6.18 Å². The lowest BCUT2D eigenvalue weighted by atomic mass is 9.77. The molecule has 4 aliphatic carbocycles. The monoisotopic (exact) mass is 1650 g/mol. The number of hydrogen-bond donors (Lipinski definition) is 4. The molecule has 7 aliphatic rings. The molecule has 3 aliphatic heterocycles. The van der Waals surface area contributed by atoms with Crippen LogP contribution in [0.2, 0.25) is 0 Å². The number of alkyl halides is 3. The third-order valence-corrected chi connectivity index (χ3v) is 26.8. The van der Waals surface area contributed by atoms with Gasteiger partial charge in [0.05, 0.1) is 97.5 Å². The van der Waals surface area contributed by atoms with Crippen LogP contribution in [0.15, 0.2) is 61.6 Å². The Hall–Kier alpha value is -8.79. The standard InChI is InChI=1S/C31H44N8O2.C30H45N7O3.C28H40F3N5O2/c1-21-7-9-23(10-8-21)26-15-25(27-17-33-29(36-39(26)27)35-22(2)19-41-6)24-16-34-38(18-24)30(3,4)28(40)37-13-11-31(5,20-32)12-14-37;1-20-7-9-22(10-8-20)25-15-24(26-17-31-28(34-37(25)26)33-21(2)19-40-6)23-16-32-36(18-23)29(3,4)27(38)35-13-11-30(5,39)12-14-35;1-18-3-5-21(6-4-18)24-15-23(20-7-9-22(10-8-20)26(37)35-11-13-38-14-12-35)25-17-32-27(34-36(24)25)33-19(2)16-28(29,30)31/h15-18,21-23H,7-14,19H2,1-6H3,(H,35,36);15-18,20-22,39H,7-14,19H2,1-6H3,(H,33,34);15,17-22H,3-14,16H2,1-2H3,(H,33,34)/t21?,22-,23?;20?,21-,22?;18?,19-,20?,21?,22?/m000/s1. The maximum atomic E-state index is 13.6. The summed E-state index contributed by atoms with van der Waals surface area (Å²) in [5.74, 6) is 5.53. The van der Waals surface area contributed by atoms with Gasteiger partial charge in [0, 0.05) is 147 Å². The van der Waals surface area contributed by atoms with E-state index in [1.807, 2.05) is 112 Å². The molecule has 27 nitrogen and oxygen atoms in total. The molecule has 7 fully saturated rings. The highest BCUT2D eigenvalue weighted by Gasteiger charge is 2.43.